The van der Waals surface area contributed by atoms with Crippen LogP contribution in [0.25, 0.3) is 0 Å². The van der Waals surface area contributed by atoms with Crippen molar-refractivity contribution in [2.75, 3.05) is 6.54 Å². The molecule has 220 valence electrons. The zero-order chi connectivity index (χ0) is 29.5. The molecule has 1 heterocycles. The Morgan fingerprint density at radius 2 is 1.62 bits per heavy atom. The lowest BCUT2D eigenvalue weighted by Crippen LogP contribution is -2.59. The highest BCUT2D eigenvalue weighted by Crippen LogP contribution is 2.63. The first-order valence-electron chi connectivity index (χ1n) is 14.3. The minimum atomic E-state index is -1.08. The number of amides is 4. The van der Waals surface area contributed by atoms with E-state index >= 15 is 0 Å². The van der Waals surface area contributed by atoms with Crippen LogP contribution in [0.15, 0.2) is 0 Å². The summed E-state index contributed by atoms with van der Waals surface area (Å²) < 4.78 is 5.43. The minimum absolute atomic E-state index is 0.183. The molecule has 3 rings (SSSR count). The summed E-state index contributed by atoms with van der Waals surface area (Å²) >= 11 is 0. The summed E-state index contributed by atoms with van der Waals surface area (Å²) in [7, 11) is 0. The molecule has 5 atom stereocenters. The number of nitrogens with two attached hydrogens (primary N) is 1. The van der Waals surface area contributed by atoms with Crippen molar-refractivity contribution >= 4 is 29.6 Å². The van der Waals surface area contributed by atoms with Gasteiger partial charge in [-0.05, 0) is 68.6 Å². The minimum Gasteiger partial charge on any atom is -0.444 e. The van der Waals surface area contributed by atoms with Gasteiger partial charge < -0.3 is 26.0 Å². The number of ether oxygens (including phenoxy) is 1. The first kappa shape index (κ1) is 30.9. The van der Waals surface area contributed by atoms with Gasteiger partial charge in [0, 0.05) is 6.54 Å². The molecule has 4 N–H and O–H groups in total. The maximum atomic E-state index is 14.1. The van der Waals surface area contributed by atoms with Gasteiger partial charge in [-0.3, -0.25) is 19.2 Å². The van der Waals surface area contributed by atoms with Crippen LogP contribution in [0.4, 0.5) is 4.79 Å². The van der Waals surface area contributed by atoms with Crippen LogP contribution in [0.2, 0.25) is 0 Å². The number of nitrogens with zero attached hydrogens (tertiary/aromatic N) is 1. The van der Waals surface area contributed by atoms with Crippen molar-refractivity contribution < 1.29 is 28.7 Å². The maximum absolute atomic E-state index is 14.1. The van der Waals surface area contributed by atoms with E-state index in [2.05, 4.69) is 24.5 Å². The Balaban J connectivity index is 1.87. The molecule has 10 nitrogen and oxygen atoms in total. The van der Waals surface area contributed by atoms with Gasteiger partial charge in [-0.15, -0.1) is 0 Å². The number of hydrogen-bond donors (Lipinski definition) is 3. The number of carbonyl (C=O) groups excluding carboxylic acids is 5. The molecule has 10 heteroatoms. The molecule has 2 aliphatic carbocycles. The second-order valence-corrected chi connectivity index (χ2v) is 14.4. The average Bonchev–Trinajstić information content (AvgIpc) is 3.32. The summed E-state index contributed by atoms with van der Waals surface area (Å²) in [5.74, 6) is -1.70. The number of nitrogens with one attached hydrogen (secondary N) is 2. The van der Waals surface area contributed by atoms with Crippen molar-refractivity contribution in [3.63, 3.8) is 0 Å². The van der Waals surface area contributed by atoms with Gasteiger partial charge in [-0.2, -0.15) is 0 Å². The Labute approximate surface area is 232 Å². The summed E-state index contributed by atoms with van der Waals surface area (Å²) in [4.78, 5) is 66.4. The molecular formula is C29H48N4O6. The Bertz CT molecular complexity index is 993. The summed E-state index contributed by atoms with van der Waals surface area (Å²) in [6.07, 6.45) is 3.97. The van der Waals surface area contributed by atoms with Gasteiger partial charge in [0.05, 0.1) is 6.04 Å². The van der Waals surface area contributed by atoms with Gasteiger partial charge in [0.1, 0.15) is 17.7 Å². The van der Waals surface area contributed by atoms with Crippen LogP contribution >= 0.6 is 0 Å². The number of alkyl carbamates (subject to hydrolysis) is 1. The molecule has 1 spiro atoms. The molecule has 1 aliphatic heterocycles. The Hall–Kier alpha value is -2.65. The summed E-state index contributed by atoms with van der Waals surface area (Å²) in [5.41, 5.74) is 3.71. The normalized spacial score (nSPS) is 26.5. The standard InChI is InChI=1S/C29H48N4O6/c1-16(2)18-13-29(18)14-20(24(36)31-19(21(34)23(30)35)12-17-10-9-11-17)33(15-29)25(37)22(27(3,4)5)32-26(38)39-28(6,7)8/h16-20,22H,9-15H2,1-8H3,(H2,30,35)(H,31,36)(H,32,38)/t18?,19?,20-,22+,29+/m0/s1. The van der Waals surface area contributed by atoms with Gasteiger partial charge in [0.25, 0.3) is 5.91 Å². The van der Waals surface area contributed by atoms with E-state index in [4.69, 9.17) is 10.5 Å². The highest BCUT2D eigenvalue weighted by molar-refractivity contribution is 6.37. The molecule has 0 radical (unpaired) electrons. The number of rotatable bonds is 9. The lowest BCUT2D eigenvalue weighted by Gasteiger charge is -2.36. The van der Waals surface area contributed by atoms with Crippen LogP contribution in [0.3, 0.4) is 0 Å². The van der Waals surface area contributed by atoms with Gasteiger partial charge in [-0.25, -0.2) is 4.79 Å². The zero-order valence-electron chi connectivity index (χ0n) is 24.9. The van der Waals surface area contributed by atoms with Crippen molar-refractivity contribution in [1.29, 1.82) is 0 Å². The number of carbonyl (C=O) groups is 5. The summed E-state index contributed by atoms with van der Waals surface area (Å²) in [6.45, 7) is 15.5. The lowest BCUT2D eigenvalue weighted by atomic mass is 9.80. The van der Waals surface area contributed by atoms with E-state index in [0.29, 0.717) is 31.2 Å². The molecule has 2 unspecified atom stereocenters. The number of Topliss-reactive ketones (excluding diaryl/α,β-unsaturated/α-hetero) is 1. The molecule has 3 fully saturated rings. The third-order valence-corrected chi connectivity index (χ3v) is 8.55. The third-order valence-electron chi connectivity index (χ3n) is 8.55. The van der Waals surface area contributed by atoms with E-state index in [-0.39, 0.29) is 17.2 Å². The van der Waals surface area contributed by atoms with Crippen molar-refractivity contribution in [3.05, 3.63) is 0 Å². The van der Waals surface area contributed by atoms with Crippen LogP contribution in [0.5, 0.6) is 0 Å². The van der Waals surface area contributed by atoms with Crippen LogP contribution in [-0.4, -0.2) is 64.8 Å². The fourth-order valence-corrected chi connectivity index (χ4v) is 6.19. The van der Waals surface area contributed by atoms with Gasteiger partial charge in [0.2, 0.25) is 17.6 Å². The molecule has 1 saturated heterocycles. The first-order valence-corrected chi connectivity index (χ1v) is 14.3. The Morgan fingerprint density at radius 3 is 2.05 bits per heavy atom. The van der Waals surface area contributed by atoms with E-state index < -0.39 is 52.8 Å². The molecule has 4 amide bonds. The highest BCUT2D eigenvalue weighted by Gasteiger charge is 2.63. The summed E-state index contributed by atoms with van der Waals surface area (Å²) in [5, 5.41) is 5.54. The fraction of sp³-hybridized carbons (Fsp3) is 0.828. The molecule has 0 bridgehead atoms. The van der Waals surface area contributed by atoms with E-state index in [1.54, 1.807) is 25.7 Å². The van der Waals surface area contributed by atoms with Crippen molar-refractivity contribution in [3.8, 4) is 0 Å². The van der Waals surface area contributed by atoms with E-state index in [9.17, 15) is 24.0 Å². The lowest BCUT2D eigenvalue weighted by molar-refractivity contribution is -0.143. The van der Waals surface area contributed by atoms with Crippen LogP contribution in [-0.2, 0) is 23.9 Å². The van der Waals surface area contributed by atoms with Crippen molar-refractivity contribution in [2.24, 2.45) is 34.3 Å². The van der Waals surface area contributed by atoms with E-state index in [0.717, 1.165) is 25.7 Å². The topological polar surface area (TPSA) is 148 Å². The van der Waals surface area contributed by atoms with Gasteiger partial charge in [-0.1, -0.05) is 53.9 Å². The highest BCUT2D eigenvalue weighted by atomic mass is 16.6. The third kappa shape index (κ3) is 7.31. The molecular weight excluding hydrogens is 500 g/mol. The quantitative estimate of drug-likeness (QED) is 0.377. The zero-order valence-corrected chi connectivity index (χ0v) is 24.9. The van der Waals surface area contributed by atoms with E-state index in [1.807, 2.05) is 20.8 Å². The van der Waals surface area contributed by atoms with Crippen LogP contribution in [0, 0.1) is 28.6 Å². The van der Waals surface area contributed by atoms with Gasteiger partial charge >= 0.3 is 6.09 Å². The number of likely N-dealkylation sites (tertiary alicyclic amines) is 1. The molecule has 2 saturated carbocycles. The summed E-state index contributed by atoms with van der Waals surface area (Å²) in [6, 6.07) is -2.77. The smallest absolute Gasteiger partial charge is 0.408 e. The monoisotopic (exact) mass is 548 g/mol. The van der Waals surface area contributed by atoms with Crippen molar-refractivity contribution in [1.82, 2.24) is 15.5 Å². The number of primary amides is 1. The molecule has 3 aliphatic rings. The second-order valence-electron chi connectivity index (χ2n) is 14.4. The SMILES string of the molecule is CC(C)C1C[C@]12C[C@@H](C(=O)NC(CC1CCC1)C(=O)C(N)=O)N(C(=O)[C@@H](NC(=O)OC(C)(C)C)C(C)(C)C)C2. The predicted octanol–water partition coefficient (Wildman–Crippen LogP) is 2.92. The number of ketones is 1. The predicted molar refractivity (Wildman–Crippen MR) is 146 cm³/mol. The second kappa shape index (κ2) is 11.1. The van der Waals surface area contributed by atoms with Gasteiger partial charge in [0.15, 0.2) is 0 Å². The Kier molecular flexibility index (Phi) is 8.78. The average molecular weight is 549 g/mol. The van der Waals surface area contributed by atoms with Crippen molar-refractivity contribution in [2.45, 2.75) is 118 Å². The van der Waals surface area contributed by atoms with Crippen LogP contribution in [0.1, 0.15) is 93.9 Å². The fourth-order valence-electron chi connectivity index (χ4n) is 6.19. The largest absolute Gasteiger partial charge is 0.444 e. The first-order chi connectivity index (χ1) is 17.8. The number of hydrogen-bond acceptors (Lipinski definition) is 6. The van der Waals surface area contributed by atoms with Crippen LogP contribution < -0.4 is 16.4 Å². The maximum Gasteiger partial charge on any atom is 0.408 e. The molecule has 0 aromatic carbocycles. The molecule has 0 aromatic rings. The van der Waals surface area contributed by atoms with E-state index in [1.165, 1.54) is 0 Å². The Morgan fingerprint density at radius 1 is 1.00 bits per heavy atom. The molecule has 39 heavy (non-hydrogen) atoms. The molecule has 0 aromatic heterocycles.